The van der Waals surface area contributed by atoms with Gasteiger partial charge in [0.2, 0.25) is 5.91 Å². The summed E-state index contributed by atoms with van der Waals surface area (Å²) in [7, 11) is 3.31. The molecule has 3 amide bonds. The molecule has 1 fully saturated rings. The third-order valence-corrected chi connectivity index (χ3v) is 5.68. The number of aryl methyl sites for hydroxylation is 1. The molecule has 30 heavy (non-hydrogen) atoms. The monoisotopic (exact) mass is 412 g/mol. The van der Waals surface area contributed by atoms with Gasteiger partial charge in [0.1, 0.15) is 23.7 Å². The SMILES string of the molecule is CCc1cc(C(=O)N2C[C@H](C(=O)N(C)C)[C@]3(COc4ccccc4C(=O)N3)C2)no1. The highest BCUT2D eigenvalue weighted by atomic mass is 16.5. The molecule has 9 heteroatoms. The number of hydrogen-bond acceptors (Lipinski definition) is 6. The third-order valence-electron chi connectivity index (χ3n) is 5.68. The molecular formula is C21H24N4O5. The fourth-order valence-corrected chi connectivity index (χ4v) is 4.02. The summed E-state index contributed by atoms with van der Waals surface area (Å²) in [6, 6.07) is 8.53. The molecule has 2 aliphatic rings. The standard InChI is InChI=1S/C21H24N4O5/c1-4-13-9-16(23-30-13)20(28)25-10-15(19(27)24(2)3)21(11-25)12-29-17-8-6-5-7-14(17)18(26)22-21/h5-9,15H,4,10-12H2,1-3H3,(H,22,26)/t15-,21-/m1/s1. The zero-order chi connectivity index (χ0) is 21.5. The summed E-state index contributed by atoms with van der Waals surface area (Å²) in [5.74, 6) is -0.458. The molecule has 1 aromatic heterocycles. The molecule has 2 aliphatic heterocycles. The summed E-state index contributed by atoms with van der Waals surface area (Å²) >= 11 is 0. The van der Waals surface area contributed by atoms with Gasteiger partial charge in [-0.25, -0.2) is 0 Å². The number of hydrogen-bond donors (Lipinski definition) is 1. The molecule has 1 N–H and O–H groups in total. The lowest BCUT2D eigenvalue weighted by Crippen LogP contribution is -2.60. The highest BCUT2D eigenvalue weighted by molar-refractivity contribution is 5.99. The van der Waals surface area contributed by atoms with Gasteiger partial charge in [-0.3, -0.25) is 14.4 Å². The second-order valence-corrected chi connectivity index (χ2v) is 7.90. The fourth-order valence-electron chi connectivity index (χ4n) is 4.02. The first kappa shape index (κ1) is 19.9. The van der Waals surface area contributed by atoms with E-state index in [0.29, 0.717) is 23.5 Å². The summed E-state index contributed by atoms with van der Waals surface area (Å²) in [6.45, 7) is 2.25. The number of benzene rings is 1. The molecule has 1 saturated heterocycles. The van der Waals surface area contributed by atoms with Gasteiger partial charge < -0.3 is 24.4 Å². The molecule has 9 nitrogen and oxygen atoms in total. The quantitative estimate of drug-likeness (QED) is 0.805. The van der Waals surface area contributed by atoms with Crippen molar-refractivity contribution in [3.63, 3.8) is 0 Å². The molecule has 4 rings (SSSR count). The number of amides is 3. The van der Waals surface area contributed by atoms with E-state index in [9.17, 15) is 14.4 Å². The second kappa shape index (κ2) is 7.47. The van der Waals surface area contributed by atoms with Gasteiger partial charge in [-0.1, -0.05) is 24.2 Å². The number of likely N-dealkylation sites (tertiary alicyclic amines) is 1. The Hall–Kier alpha value is -3.36. The zero-order valence-corrected chi connectivity index (χ0v) is 17.2. The van der Waals surface area contributed by atoms with Crippen molar-refractivity contribution in [2.75, 3.05) is 33.8 Å². The van der Waals surface area contributed by atoms with Crippen LogP contribution in [0.3, 0.4) is 0 Å². The number of carbonyl (C=O) groups is 3. The molecule has 0 saturated carbocycles. The maximum absolute atomic E-state index is 13.1. The number of nitrogens with zero attached hydrogens (tertiary/aromatic N) is 3. The van der Waals surface area contributed by atoms with Crippen molar-refractivity contribution in [2.45, 2.75) is 18.9 Å². The average Bonchev–Trinajstić information content (AvgIpc) is 3.33. The van der Waals surface area contributed by atoms with Crippen LogP contribution >= 0.6 is 0 Å². The van der Waals surface area contributed by atoms with Crippen LogP contribution in [0, 0.1) is 5.92 Å². The molecule has 3 heterocycles. The second-order valence-electron chi connectivity index (χ2n) is 7.90. The summed E-state index contributed by atoms with van der Waals surface area (Å²) in [5.41, 5.74) is -0.465. The molecule has 0 bridgehead atoms. The van der Waals surface area contributed by atoms with Crippen molar-refractivity contribution in [3.05, 3.63) is 47.3 Å². The number of fused-ring (bicyclic) bond motifs is 1. The van der Waals surface area contributed by atoms with Crippen LogP contribution in [0.4, 0.5) is 0 Å². The predicted molar refractivity (Wildman–Crippen MR) is 106 cm³/mol. The Morgan fingerprint density at radius 3 is 2.80 bits per heavy atom. The average molecular weight is 412 g/mol. The Bertz CT molecular complexity index is 1000. The summed E-state index contributed by atoms with van der Waals surface area (Å²) < 4.78 is 11.1. The van der Waals surface area contributed by atoms with Crippen molar-refractivity contribution < 1.29 is 23.6 Å². The van der Waals surface area contributed by atoms with Gasteiger partial charge in [-0.05, 0) is 12.1 Å². The lowest BCUT2D eigenvalue weighted by atomic mass is 9.86. The van der Waals surface area contributed by atoms with Crippen LogP contribution in [0.5, 0.6) is 5.75 Å². The molecule has 158 valence electrons. The third kappa shape index (κ3) is 3.30. The highest BCUT2D eigenvalue weighted by Gasteiger charge is 2.55. The van der Waals surface area contributed by atoms with Crippen LogP contribution in [0.1, 0.15) is 33.5 Å². The maximum Gasteiger partial charge on any atom is 0.276 e. The Labute approximate surface area is 173 Å². The molecule has 1 spiro atoms. The van der Waals surface area contributed by atoms with E-state index in [2.05, 4.69) is 10.5 Å². The largest absolute Gasteiger partial charge is 0.490 e. The molecule has 0 radical (unpaired) electrons. The van der Waals surface area contributed by atoms with E-state index in [4.69, 9.17) is 9.26 Å². The van der Waals surface area contributed by atoms with Gasteiger partial charge in [0.25, 0.3) is 11.8 Å². The summed E-state index contributed by atoms with van der Waals surface area (Å²) in [6.07, 6.45) is 0.619. The van der Waals surface area contributed by atoms with Gasteiger partial charge in [-0.2, -0.15) is 0 Å². The van der Waals surface area contributed by atoms with Crippen LogP contribution in [0.2, 0.25) is 0 Å². The van der Waals surface area contributed by atoms with Crippen LogP contribution < -0.4 is 10.1 Å². The van der Waals surface area contributed by atoms with E-state index >= 15 is 0 Å². The van der Waals surface area contributed by atoms with Gasteiger partial charge in [0.15, 0.2) is 5.69 Å². The van der Waals surface area contributed by atoms with Crippen LogP contribution in [0.15, 0.2) is 34.9 Å². The topological polar surface area (TPSA) is 105 Å². The first-order valence-corrected chi connectivity index (χ1v) is 9.85. The van der Waals surface area contributed by atoms with Crippen molar-refractivity contribution in [2.24, 2.45) is 5.92 Å². The number of para-hydroxylation sites is 1. The van der Waals surface area contributed by atoms with E-state index in [0.717, 1.165) is 0 Å². The fraction of sp³-hybridized carbons (Fsp3) is 0.429. The lowest BCUT2D eigenvalue weighted by Gasteiger charge is -2.33. The number of ether oxygens (including phenoxy) is 1. The normalized spacial score (nSPS) is 22.8. The number of rotatable bonds is 3. The maximum atomic E-state index is 13.1. The number of aromatic nitrogens is 1. The van der Waals surface area contributed by atoms with E-state index < -0.39 is 11.5 Å². The van der Waals surface area contributed by atoms with Gasteiger partial charge in [0, 0.05) is 39.7 Å². The van der Waals surface area contributed by atoms with Crippen LogP contribution in [0.25, 0.3) is 0 Å². The molecule has 0 unspecified atom stereocenters. The van der Waals surface area contributed by atoms with E-state index in [-0.39, 0.29) is 43.1 Å². The molecule has 1 aromatic carbocycles. The zero-order valence-electron chi connectivity index (χ0n) is 17.2. The van der Waals surface area contributed by atoms with E-state index in [1.807, 2.05) is 6.92 Å². The summed E-state index contributed by atoms with van der Waals surface area (Å²) in [4.78, 5) is 42.0. The van der Waals surface area contributed by atoms with E-state index in [1.165, 1.54) is 9.80 Å². The molecule has 2 aromatic rings. The Morgan fingerprint density at radius 1 is 1.33 bits per heavy atom. The minimum absolute atomic E-state index is 0.0722. The smallest absolute Gasteiger partial charge is 0.276 e. The van der Waals surface area contributed by atoms with Crippen LogP contribution in [-0.2, 0) is 11.2 Å². The first-order chi connectivity index (χ1) is 14.3. The van der Waals surface area contributed by atoms with Crippen molar-refractivity contribution in [1.82, 2.24) is 20.3 Å². The van der Waals surface area contributed by atoms with Gasteiger partial charge >= 0.3 is 0 Å². The number of nitrogens with one attached hydrogen (secondary N) is 1. The minimum Gasteiger partial charge on any atom is -0.490 e. The van der Waals surface area contributed by atoms with Crippen LogP contribution in [-0.4, -0.2) is 72.0 Å². The van der Waals surface area contributed by atoms with Crippen molar-refractivity contribution in [1.29, 1.82) is 0 Å². The Morgan fingerprint density at radius 2 is 2.10 bits per heavy atom. The minimum atomic E-state index is -1.05. The van der Waals surface area contributed by atoms with Crippen molar-refractivity contribution in [3.8, 4) is 5.75 Å². The Balaban J connectivity index is 1.67. The molecule has 2 atom stereocenters. The van der Waals surface area contributed by atoms with Gasteiger partial charge in [0.05, 0.1) is 11.5 Å². The lowest BCUT2D eigenvalue weighted by molar-refractivity contribution is -0.134. The first-order valence-electron chi connectivity index (χ1n) is 9.85. The molecule has 0 aliphatic carbocycles. The van der Waals surface area contributed by atoms with E-state index in [1.54, 1.807) is 44.4 Å². The Kier molecular flexibility index (Phi) is 4.97. The number of carbonyl (C=O) groups excluding carboxylic acids is 3. The van der Waals surface area contributed by atoms with Gasteiger partial charge in [-0.15, -0.1) is 0 Å². The molecular weight excluding hydrogens is 388 g/mol. The highest BCUT2D eigenvalue weighted by Crippen LogP contribution is 2.34. The van der Waals surface area contributed by atoms with Crippen molar-refractivity contribution >= 4 is 17.7 Å². The predicted octanol–water partition coefficient (Wildman–Crippen LogP) is 0.958. The summed E-state index contributed by atoms with van der Waals surface area (Å²) in [5, 5.41) is 6.86.